The number of unbranched alkanes of at least 4 members (excludes halogenated alkanes) is 2. The fourth-order valence-electron chi connectivity index (χ4n) is 2.65. The first-order chi connectivity index (χ1) is 11.1. The van der Waals surface area contributed by atoms with Gasteiger partial charge in [-0.2, -0.15) is 0 Å². The molecule has 0 aromatic heterocycles. The van der Waals surface area contributed by atoms with Crippen LogP contribution in [0.25, 0.3) is 0 Å². The molecule has 0 aliphatic rings. The third-order valence-corrected chi connectivity index (χ3v) is 4.19. The molecule has 0 fully saturated rings. The van der Waals surface area contributed by atoms with E-state index in [0.29, 0.717) is 12.3 Å². The lowest BCUT2D eigenvalue weighted by Crippen LogP contribution is -2.40. The zero-order valence-corrected chi connectivity index (χ0v) is 15.0. The molecule has 2 unspecified atom stereocenters. The molecule has 0 heterocycles. The number of rotatable bonds is 14. The monoisotopic (exact) mass is 326 g/mol. The highest BCUT2D eigenvalue weighted by atomic mass is 16.4. The number of aldehydes is 1. The van der Waals surface area contributed by atoms with Crippen LogP contribution in [0.5, 0.6) is 0 Å². The van der Waals surface area contributed by atoms with Crippen LogP contribution in [-0.2, 0) is 4.79 Å². The van der Waals surface area contributed by atoms with Crippen molar-refractivity contribution in [3.8, 4) is 0 Å². The van der Waals surface area contributed by atoms with Gasteiger partial charge in [-0.15, -0.1) is 0 Å². The predicted octanol–water partition coefficient (Wildman–Crippen LogP) is 3.84. The van der Waals surface area contributed by atoms with E-state index in [1.165, 1.54) is 4.90 Å². The topological polar surface area (TPSA) is 69.6 Å². The van der Waals surface area contributed by atoms with Gasteiger partial charge in [0.25, 0.3) is 0 Å². The molecule has 0 aromatic rings. The van der Waals surface area contributed by atoms with Crippen LogP contribution < -0.4 is 5.32 Å². The normalized spacial score (nSPS) is 13.9. The van der Waals surface area contributed by atoms with Gasteiger partial charge >= 0.3 is 6.09 Å². The second-order valence-corrected chi connectivity index (χ2v) is 6.04. The first-order valence-electron chi connectivity index (χ1n) is 8.82. The van der Waals surface area contributed by atoms with Gasteiger partial charge in [-0.25, -0.2) is 4.79 Å². The largest absolute Gasteiger partial charge is 0.465 e. The SMILES string of the molecule is CC/C=C\CCCC(CCCCC(C)NC)N(CC=O)C(=O)O. The van der Waals surface area contributed by atoms with Gasteiger partial charge in [0, 0.05) is 12.1 Å². The van der Waals surface area contributed by atoms with Crippen LogP contribution in [0.2, 0.25) is 0 Å². The molecule has 1 amide bonds. The Balaban J connectivity index is 4.43. The number of hydrogen-bond donors (Lipinski definition) is 2. The fourth-order valence-corrected chi connectivity index (χ4v) is 2.65. The van der Waals surface area contributed by atoms with Crippen LogP contribution in [-0.4, -0.2) is 48.1 Å². The number of carboxylic acid groups (broad SMARTS) is 1. The number of hydrogen-bond acceptors (Lipinski definition) is 3. The van der Waals surface area contributed by atoms with Gasteiger partial charge in [0.1, 0.15) is 6.29 Å². The Bertz CT molecular complexity index is 345. The lowest BCUT2D eigenvalue weighted by Gasteiger charge is -2.28. The Morgan fingerprint density at radius 2 is 1.83 bits per heavy atom. The van der Waals surface area contributed by atoms with E-state index in [4.69, 9.17) is 0 Å². The third-order valence-electron chi connectivity index (χ3n) is 4.19. The van der Waals surface area contributed by atoms with Crippen LogP contribution in [0.1, 0.15) is 65.2 Å². The van der Waals surface area contributed by atoms with Crippen molar-refractivity contribution in [3.63, 3.8) is 0 Å². The molecule has 0 saturated carbocycles. The summed E-state index contributed by atoms with van der Waals surface area (Å²) >= 11 is 0. The van der Waals surface area contributed by atoms with Gasteiger partial charge in [0.15, 0.2) is 0 Å². The van der Waals surface area contributed by atoms with Crippen LogP contribution in [0.3, 0.4) is 0 Å². The Morgan fingerprint density at radius 1 is 1.17 bits per heavy atom. The van der Waals surface area contributed by atoms with Gasteiger partial charge in [0.2, 0.25) is 0 Å². The summed E-state index contributed by atoms with van der Waals surface area (Å²) in [5.41, 5.74) is 0. The average Bonchev–Trinajstić information content (AvgIpc) is 2.54. The van der Waals surface area contributed by atoms with E-state index in [-0.39, 0.29) is 12.6 Å². The molecule has 0 bridgehead atoms. The lowest BCUT2D eigenvalue weighted by molar-refractivity contribution is -0.109. The second kappa shape index (κ2) is 14.2. The smallest absolute Gasteiger partial charge is 0.407 e. The molecule has 5 nitrogen and oxygen atoms in total. The summed E-state index contributed by atoms with van der Waals surface area (Å²) in [5, 5.41) is 12.6. The van der Waals surface area contributed by atoms with Crippen LogP contribution in [0, 0.1) is 0 Å². The summed E-state index contributed by atoms with van der Waals surface area (Å²) in [7, 11) is 1.95. The lowest BCUT2D eigenvalue weighted by atomic mass is 10.00. The summed E-state index contributed by atoms with van der Waals surface area (Å²) in [4.78, 5) is 23.5. The van der Waals surface area contributed by atoms with Crippen LogP contribution in [0.4, 0.5) is 4.79 Å². The molecule has 5 heteroatoms. The maximum Gasteiger partial charge on any atom is 0.407 e. The molecular formula is C18H34N2O3. The molecule has 2 atom stereocenters. The third kappa shape index (κ3) is 10.9. The van der Waals surface area contributed by atoms with E-state index in [0.717, 1.165) is 51.4 Å². The Kier molecular flexibility index (Phi) is 13.4. The second-order valence-electron chi connectivity index (χ2n) is 6.04. The van der Waals surface area contributed by atoms with Crippen molar-refractivity contribution < 1.29 is 14.7 Å². The number of nitrogens with zero attached hydrogens (tertiary/aromatic N) is 1. The highest BCUT2D eigenvalue weighted by Crippen LogP contribution is 2.17. The molecule has 23 heavy (non-hydrogen) atoms. The van der Waals surface area contributed by atoms with Crippen molar-refractivity contribution >= 4 is 12.4 Å². The molecular weight excluding hydrogens is 292 g/mol. The zero-order valence-electron chi connectivity index (χ0n) is 15.0. The summed E-state index contributed by atoms with van der Waals surface area (Å²) in [6.45, 7) is 4.22. The quantitative estimate of drug-likeness (QED) is 0.289. The van der Waals surface area contributed by atoms with E-state index >= 15 is 0 Å². The molecule has 0 radical (unpaired) electrons. The zero-order chi connectivity index (χ0) is 17.5. The summed E-state index contributed by atoms with van der Waals surface area (Å²) < 4.78 is 0. The van der Waals surface area contributed by atoms with E-state index in [2.05, 4.69) is 31.3 Å². The Morgan fingerprint density at radius 3 is 2.39 bits per heavy atom. The Hall–Kier alpha value is -1.36. The van der Waals surface area contributed by atoms with E-state index in [1.54, 1.807) is 0 Å². The van der Waals surface area contributed by atoms with Crippen LogP contribution >= 0.6 is 0 Å². The average molecular weight is 326 g/mol. The summed E-state index contributed by atoms with van der Waals surface area (Å²) in [6.07, 6.45) is 11.7. The van der Waals surface area contributed by atoms with Gasteiger partial charge in [-0.05, 0) is 52.5 Å². The Labute approximate surface area is 141 Å². The van der Waals surface area contributed by atoms with Crippen molar-refractivity contribution in [1.29, 1.82) is 0 Å². The highest BCUT2D eigenvalue weighted by Gasteiger charge is 2.22. The van der Waals surface area contributed by atoms with Gasteiger partial charge in [-0.3, -0.25) is 4.90 Å². The minimum absolute atomic E-state index is 0.0300. The minimum atomic E-state index is -0.991. The van der Waals surface area contributed by atoms with E-state index in [9.17, 15) is 14.7 Å². The first kappa shape index (κ1) is 21.6. The number of nitrogens with one attached hydrogen (secondary N) is 1. The minimum Gasteiger partial charge on any atom is -0.465 e. The van der Waals surface area contributed by atoms with Gasteiger partial charge in [-0.1, -0.05) is 31.9 Å². The summed E-state index contributed by atoms with van der Waals surface area (Å²) in [6, 6.07) is 0.427. The molecule has 0 rings (SSSR count). The maximum absolute atomic E-state index is 11.4. The maximum atomic E-state index is 11.4. The molecule has 0 saturated heterocycles. The standard InChI is InChI=1S/C18H34N2O3/c1-4-5-6-7-8-12-17(20(14-15-21)18(22)23)13-10-9-11-16(2)19-3/h5-6,15-17,19H,4,7-14H2,1-3H3,(H,22,23)/b6-5-. The molecule has 0 aliphatic heterocycles. The van der Waals surface area contributed by atoms with E-state index in [1.807, 2.05) is 7.05 Å². The molecule has 0 aromatic carbocycles. The molecule has 2 N–H and O–H groups in total. The van der Waals surface area contributed by atoms with E-state index < -0.39 is 6.09 Å². The highest BCUT2D eigenvalue weighted by molar-refractivity contribution is 5.69. The van der Waals surface area contributed by atoms with Gasteiger partial charge < -0.3 is 15.2 Å². The van der Waals surface area contributed by atoms with Crippen molar-refractivity contribution in [2.24, 2.45) is 0 Å². The number of amides is 1. The molecule has 0 aliphatic carbocycles. The number of carbonyl (C=O) groups is 2. The van der Waals surface area contributed by atoms with Crippen molar-refractivity contribution in [1.82, 2.24) is 10.2 Å². The molecule has 0 spiro atoms. The van der Waals surface area contributed by atoms with Crippen molar-refractivity contribution in [2.45, 2.75) is 77.3 Å². The van der Waals surface area contributed by atoms with Crippen molar-refractivity contribution in [2.75, 3.05) is 13.6 Å². The summed E-state index contributed by atoms with van der Waals surface area (Å²) in [5.74, 6) is 0. The fraction of sp³-hybridized carbons (Fsp3) is 0.778. The molecule has 134 valence electrons. The van der Waals surface area contributed by atoms with Crippen molar-refractivity contribution in [3.05, 3.63) is 12.2 Å². The predicted molar refractivity (Wildman–Crippen MR) is 94.9 cm³/mol. The number of carbonyl (C=O) groups excluding carboxylic acids is 1. The first-order valence-corrected chi connectivity index (χ1v) is 8.82. The van der Waals surface area contributed by atoms with Gasteiger partial charge in [0.05, 0.1) is 6.54 Å². The van der Waals surface area contributed by atoms with Crippen LogP contribution in [0.15, 0.2) is 12.2 Å². The number of allylic oxidation sites excluding steroid dienone is 2.